The number of halogens is 1. The van der Waals surface area contributed by atoms with Gasteiger partial charge in [0.05, 0.1) is 12.0 Å². The number of methoxy groups -OCH3 is 1. The monoisotopic (exact) mass is 334 g/mol. The molecule has 2 aliphatic heterocycles. The van der Waals surface area contributed by atoms with Gasteiger partial charge in [-0.25, -0.2) is 4.39 Å². The van der Waals surface area contributed by atoms with Crippen LogP contribution < -0.4 is 0 Å². The second-order valence-electron chi connectivity index (χ2n) is 6.65. The van der Waals surface area contributed by atoms with E-state index < -0.39 is 5.41 Å². The number of likely N-dealkylation sites (tertiary alicyclic amines) is 2. The maximum Gasteiger partial charge on any atom is 0.253 e. The summed E-state index contributed by atoms with van der Waals surface area (Å²) in [5.41, 5.74) is 0.00903. The molecule has 5 nitrogen and oxygen atoms in total. The van der Waals surface area contributed by atoms with Gasteiger partial charge in [-0.05, 0) is 43.5 Å². The second kappa shape index (κ2) is 6.89. The fraction of sp³-hybridized carbons (Fsp3) is 0.556. The van der Waals surface area contributed by atoms with E-state index >= 15 is 0 Å². The van der Waals surface area contributed by atoms with Crippen LogP contribution in [0.5, 0.6) is 0 Å². The lowest BCUT2D eigenvalue weighted by molar-refractivity contribution is -0.146. The highest BCUT2D eigenvalue weighted by atomic mass is 19.1. The molecule has 0 bridgehead atoms. The molecule has 6 heteroatoms. The molecular formula is C18H23FN2O3. The van der Waals surface area contributed by atoms with Gasteiger partial charge in [0.2, 0.25) is 5.91 Å². The smallest absolute Gasteiger partial charge is 0.253 e. The third-order valence-electron chi connectivity index (χ3n) is 5.12. The Bertz CT molecular complexity index is 619. The van der Waals surface area contributed by atoms with Crippen molar-refractivity contribution in [3.8, 4) is 0 Å². The Labute approximate surface area is 141 Å². The summed E-state index contributed by atoms with van der Waals surface area (Å²) in [6.45, 7) is 2.91. The van der Waals surface area contributed by atoms with E-state index in [9.17, 15) is 14.0 Å². The maximum absolute atomic E-state index is 13.0. The zero-order chi connectivity index (χ0) is 17.2. The molecule has 24 heavy (non-hydrogen) atoms. The summed E-state index contributed by atoms with van der Waals surface area (Å²) >= 11 is 0. The molecule has 0 N–H and O–H groups in total. The molecule has 2 fully saturated rings. The van der Waals surface area contributed by atoms with Crippen molar-refractivity contribution in [3.05, 3.63) is 35.6 Å². The molecule has 130 valence electrons. The Morgan fingerprint density at radius 2 is 2.00 bits per heavy atom. The molecule has 1 aromatic rings. The average molecular weight is 334 g/mol. The van der Waals surface area contributed by atoms with Crippen molar-refractivity contribution in [3.63, 3.8) is 0 Å². The van der Waals surface area contributed by atoms with E-state index in [0.29, 0.717) is 38.2 Å². The fourth-order valence-electron chi connectivity index (χ4n) is 3.77. The van der Waals surface area contributed by atoms with Crippen LogP contribution in [0, 0.1) is 11.2 Å². The van der Waals surface area contributed by atoms with Gasteiger partial charge in [-0.15, -0.1) is 0 Å². The quantitative estimate of drug-likeness (QED) is 0.845. The summed E-state index contributed by atoms with van der Waals surface area (Å²) < 4.78 is 18.1. The molecule has 0 unspecified atom stereocenters. The molecule has 0 aromatic heterocycles. The van der Waals surface area contributed by atoms with E-state index in [4.69, 9.17) is 4.74 Å². The van der Waals surface area contributed by atoms with Crippen molar-refractivity contribution in [1.29, 1.82) is 0 Å². The average Bonchev–Trinajstić information content (AvgIpc) is 3.01. The largest absolute Gasteiger partial charge is 0.383 e. The van der Waals surface area contributed by atoms with Gasteiger partial charge >= 0.3 is 0 Å². The van der Waals surface area contributed by atoms with Crippen LogP contribution in [-0.4, -0.2) is 61.5 Å². The SMILES string of the molecule is COCCN1CCC[C@@]2(CCN(C(=O)c3ccc(F)cc3)C2)C1=O. The minimum absolute atomic E-state index is 0.131. The van der Waals surface area contributed by atoms with Gasteiger partial charge in [0.25, 0.3) is 5.91 Å². The zero-order valence-electron chi connectivity index (χ0n) is 14.0. The van der Waals surface area contributed by atoms with Crippen LogP contribution in [0.4, 0.5) is 4.39 Å². The lowest BCUT2D eigenvalue weighted by atomic mass is 9.78. The highest BCUT2D eigenvalue weighted by Gasteiger charge is 2.49. The van der Waals surface area contributed by atoms with E-state index in [1.807, 2.05) is 4.90 Å². The molecule has 1 atom stereocenters. The second-order valence-corrected chi connectivity index (χ2v) is 6.65. The van der Waals surface area contributed by atoms with Crippen molar-refractivity contribution < 1.29 is 18.7 Å². The Hall–Kier alpha value is -1.95. The van der Waals surface area contributed by atoms with Gasteiger partial charge in [0, 0.05) is 38.9 Å². The van der Waals surface area contributed by atoms with Crippen molar-refractivity contribution in [2.75, 3.05) is 39.9 Å². The lowest BCUT2D eigenvalue weighted by Gasteiger charge is -2.39. The normalized spacial score (nSPS) is 24.0. The van der Waals surface area contributed by atoms with E-state index in [0.717, 1.165) is 19.4 Å². The molecule has 1 aromatic carbocycles. The standard InChI is InChI=1S/C18H23FN2O3/c1-24-12-11-20-9-2-7-18(17(20)23)8-10-21(13-18)16(22)14-3-5-15(19)6-4-14/h3-6H,2,7-13H2,1H3/t18-/m0/s1. The number of piperidine rings is 1. The number of carbonyl (C=O) groups is 2. The van der Waals surface area contributed by atoms with Crippen LogP contribution >= 0.6 is 0 Å². The van der Waals surface area contributed by atoms with Crippen LogP contribution in [0.25, 0.3) is 0 Å². The first-order valence-electron chi connectivity index (χ1n) is 8.39. The van der Waals surface area contributed by atoms with Gasteiger partial charge in [-0.1, -0.05) is 0 Å². The van der Waals surface area contributed by atoms with Crippen LogP contribution in [0.3, 0.4) is 0 Å². The Morgan fingerprint density at radius 3 is 2.71 bits per heavy atom. The van der Waals surface area contributed by atoms with Crippen molar-refractivity contribution in [2.24, 2.45) is 5.41 Å². The lowest BCUT2D eigenvalue weighted by Crippen LogP contribution is -2.51. The molecule has 2 aliphatic rings. The highest BCUT2D eigenvalue weighted by molar-refractivity contribution is 5.95. The molecule has 2 amide bonds. The summed E-state index contributed by atoms with van der Waals surface area (Å²) in [5.74, 6) is -0.352. The van der Waals surface area contributed by atoms with Crippen LogP contribution in [0.1, 0.15) is 29.6 Å². The van der Waals surface area contributed by atoms with Gasteiger partial charge < -0.3 is 14.5 Å². The van der Waals surface area contributed by atoms with E-state index in [1.165, 1.54) is 24.3 Å². The first-order valence-corrected chi connectivity index (χ1v) is 8.39. The number of carbonyl (C=O) groups excluding carboxylic acids is 2. The summed E-state index contributed by atoms with van der Waals surface area (Å²) in [7, 11) is 1.63. The van der Waals surface area contributed by atoms with Gasteiger partial charge in [-0.2, -0.15) is 0 Å². The molecule has 3 rings (SSSR count). The summed E-state index contributed by atoms with van der Waals surface area (Å²) in [6.07, 6.45) is 2.47. The maximum atomic E-state index is 13.0. The summed E-state index contributed by atoms with van der Waals surface area (Å²) in [5, 5.41) is 0. The highest BCUT2D eigenvalue weighted by Crippen LogP contribution is 2.40. The fourth-order valence-corrected chi connectivity index (χ4v) is 3.77. The number of hydrogen-bond acceptors (Lipinski definition) is 3. The molecule has 0 aliphatic carbocycles. The third kappa shape index (κ3) is 3.15. The van der Waals surface area contributed by atoms with Gasteiger partial charge in [-0.3, -0.25) is 9.59 Å². The van der Waals surface area contributed by atoms with E-state index in [-0.39, 0.29) is 17.6 Å². The topological polar surface area (TPSA) is 49.9 Å². The predicted molar refractivity (Wildman–Crippen MR) is 87.0 cm³/mol. The Kier molecular flexibility index (Phi) is 4.85. The number of nitrogens with zero attached hydrogens (tertiary/aromatic N) is 2. The Morgan fingerprint density at radius 1 is 1.25 bits per heavy atom. The van der Waals surface area contributed by atoms with E-state index in [2.05, 4.69) is 0 Å². The third-order valence-corrected chi connectivity index (χ3v) is 5.12. The molecule has 2 heterocycles. The van der Waals surface area contributed by atoms with Crippen molar-refractivity contribution in [2.45, 2.75) is 19.3 Å². The van der Waals surface area contributed by atoms with Crippen molar-refractivity contribution >= 4 is 11.8 Å². The number of rotatable bonds is 4. The molecular weight excluding hydrogens is 311 g/mol. The van der Waals surface area contributed by atoms with Gasteiger partial charge in [0.15, 0.2) is 0 Å². The predicted octanol–water partition coefficient (Wildman–Crippen LogP) is 1.93. The number of benzene rings is 1. The minimum atomic E-state index is -0.457. The van der Waals surface area contributed by atoms with Crippen LogP contribution in [0.2, 0.25) is 0 Å². The molecule has 2 saturated heterocycles. The summed E-state index contributed by atoms with van der Waals surface area (Å²) in [6, 6.07) is 5.57. The molecule has 0 saturated carbocycles. The molecule has 1 spiro atoms. The summed E-state index contributed by atoms with van der Waals surface area (Å²) in [4.78, 5) is 29.1. The van der Waals surface area contributed by atoms with E-state index in [1.54, 1.807) is 12.0 Å². The van der Waals surface area contributed by atoms with Crippen LogP contribution in [-0.2, 0) is 9.53 Å². The Balaban J connectivity index is 1.70. The number of amides is 2. The number of ether oxygens (including phenoxy) is 1. The first kappa shape index (κ1) is 16.9. The van der Waals surface area contributed by atoms with Crippen molar-refractivity contribution in [1.82, 2.24) is 9.80 Å². The zero-order valence-corrected chi connectivity index (χ0v) is 14.0. The molecule has 0 radical (unpaired) electrons. The number of hydrogen-bond donors (Lipinski definition) is 0. The van der Waals surface area contributed by atoms with Crippen LogP contribution in [0.15, 0.2) is 24.3 Å². The minimum Gasteiger partial charge on any atom is -0.383 e. The van der Waals surface area contributed by atoms with Gasteiger partial charge in [0.1, 0.15) is 5.82 Å². The first-order chi connectivity index (χ1) is 11.6.